The maximum Gasteiger partial charge on any atom is 0.120 e. The van der Waals surface area contributed by atoms with E-state index in [1.807, 2.05) is 12.1 Å². The molecule has 19 heavy (non-hydrogen) atoms. The standard InChI is InChI=1S/C14H19ClO3S/c1-17-13-5-4-11(14(15)9-13)10-19(16)8-6-12-3-2-7-18-12/h4-5,9,12H,2-3,6-8,10H2,1H3/t12-,19+/m0/s1. The van der Waals surface area contributed by atoms with E-state index in [1.54, 1.807) is 13.2 Å². The molecule has 1 aliphatic heterocycles. The summed E-state index contributed by atoms with van der Waals surface area (Å²) in [6.45, 7) is 0.849. The molecule has 2 rings (SSSR count). The molecule has 5 heteroatoms. The van der Waals surface area contributed by atoms with E-state index in [9.17, 15) is 4.21 Å². The molecule has 0 aliphatic carbocycles. The maximum atomic E-state index is 12.0. The smallest absolute Gasteiger partial charge is 0.120 e. The first kappa shape index (κ1) is 14.8. The fourth-order valence-corrected chi connectivity index (χ4v) is 3.74. The molecule has 3 nitrogen and oxygen atoms in total. The van der Waals surface area contributed by atoms with Gasteiger partial charge in [-0.25, -0.2) is 0 Å². The van der Waals surface area contributed by atoms with Gasteiger partial charge in [-0.2, -0.15) is 0 Å². The summed E-state index contributed by atoms with van der Waals surface area (Å²) in [7, 11) is 0.711. The van der Waals surface area contributed by atoms with Gasteiger partial charge in [0.05, 0.1) is 13.2 Å². The van der Waals surface area contributed by atoms with Crippen LogP contribution < -0.4 is 4.74 Å². The van der Waals surface area contributed by atoms with E-state index >= 15 is 0 Å². The van der Waals surface area contributed by atoms with Gasteiger partial charge in [0.15, 0.2) is 0 Å². The molecule has 0 N–H and O–H groups in total. The molecule has 0 bridgehead atoms. The van der Waals surface area contributed by atoms with Crippen LogP contribution in [0.15, 0.2) is 18.2 Å². The minimum Gasteiger partial charge on any atom is -0.497 e. The Bertz CT molecular complexity index is 444. The van der Waals surface area contributed by atoms with Gasteiger partial charge in [0, 0.05) is 33.9 Å². The molecule has 2 atom stereocenters. The molecule has 0 saturated carbocycles. The minimum absolute atomic E-state index is 0.301. The molecule has 1 fully saturated rings. The molecular weight excluding hydrogens is 284 g/mol. The zero-order chi connectivity index (χ0) is 13.7. The van der Waals surface area contributed by atoms with Crippen LogP contribution in [0.1, 0.15) is 24.8 Å². The molecule has 0 unspecified atom stereocenters. The highest BCUT2D eigenvalue weighted by molar-refractivity contribution is 7.84. The van der Waals surface area contributed by atoms with E-state index in [1.165, 1.54) is 0 Å². The van der Waals surface area contributed by atoms with Gasteiger partial charge >= 0.3 is 0 Å². The Kier molecular flexibility index (Phi) is 5.67. The molecule has 1 heterocycles. The first-order valence-corrected chi connectivity index (χ1v) is 8.34. The predicted octanol–water partition coefficient (Wildman–Crippen LogP) is 3.17. The van der Waals surface area contributed by atoms with Crippen LogP contribution in [0.4, 0.5) is 0 Å². The normalized spacial score (nSPS) is 20.4. The van der Waals surface area contributed by atoms with Crippen molar-refractivity contribution in [3.05, 3.63) is 28.8 Å². The van der Waals surface area contributed by atoms with Crippen LogP contribution in [0.25, 0.3) is 0 Å². The molecule has 0 amide bonds. The average molecular weight is 303 g/mol. The lowest BCUT2D eigenvalue weighted by Crippen LogP contribution is -2.11. The Morgan fingerprint density at radius 2 is 2.37 bits per heavy atom. The number of benzene rings is 1. The van der Waals surface area contributed by atoms with Gasteiger partial charge in [0.25, 0.3) is 0 Å². The number of hydrogen-bond donors (Lipinski definition) is 0. The molecule has 0 spiro atoms. The number of rotatable bonds is 6. The van der Waals surface area contributed by atoms with Crippen LogP contribution in [0, 0.1) is 0 Å². The highest BCUT2D eigenvalue weighted by Gasteiger charge is 2.16. The van der Waals surface area contributed by atoms with Crippen molar-refractivity contribution in [2.24, 2.45) is 0 Å². The Morgan fingerprint density at radius 3 is 3.00 bits per heavy atom. The topological polar surface area (TPSA) is 35.5 Å². The molecule has 1 aromatic carbocycles. The van der Waals surface area contributed by atoms with Gasteiger partial charge in [0.1, 0.15) is 5.75 Å². The zero-order valence-electron chi connectivity index (χ0n) is 11.1. The van der Waals surface area contributed by atoms with Gasteiger partial charge < -0.3 is 9.47 Å². The van der Waals surface area contributed by atoms with Gasteiger partial charge in [-0.3, -0.25) is 4.21 Å². The monoisotopic (exact) mass is 302 g/mol. The predicted molar refractivity (Wildman–Crippen MR) is 78.3 cm³/mol. The lowest BCUT2D eigenvalue weighted by atomic mass is 10.2. The summed E-state index contributed by atoms with van der Waals surface area (Å²) in [5, 5.41) is 0.616. The lowest BCUT2D eigenvalue weighted by molar-refractivity contribution is 0.109. The fraction of sp³-hybridized carbons (Fsp3) is 0.571. The van der Waals surface area contributed by atoms with Gasteiger partial charge in [-0.05, 0) is 37.0 Å². The SMILES string of the molecule is COc1ccc(C[S@](=O)CC[C@@H]2CCCO2)c(Cl)c1. The average Bonchev–Trinajstić information content (AvgIpc) is 2.92. The molecule has 0 radical (unpaired) electrons. The Hall–Kier alpha value is -0.580. The number of halogens is 1. The van der Waals surface area contributed by atoms with Crippen molar-refractivity contribution in [2.75, 3.05) is 19.5 Å². The van der Waals surface area contributed by atoms with Crippen molar-refractivity contribution >= 4 is 22.4 Å². The highest BCUT2D eigenvalue weighted by Crippen LogP contribution is 2.24. The number of ether oxygens (including phenoxy) is 2. The van der Waals surface area contributed by atoms with Crippen LogP contribution >= 0.6 is 11.6 Å². The lowest BCUT2D eigenvalue weighted by Gasteiger charge is -2.10. The Balaban J connectivity index is 1.84. The minimum atomic E-state index is -0.891. The second kappa shape index (κ2) is 7.27. The van der Waals surface area contributed by atoms with Gasteiger partial charge in [-0.15, -0.1) is 0 Å². The van der Waals surface area contributed by atoms with E-state index in [0.29, 0.717) is 22.6 Å². The summed E-state index contributed by atoms with van der Waals surface area (Å²) < 4.78 is 22.7. The summed E-state index contributed by atoms with van der Waals surface area (Å²) in [4.78, 5) is 0. The van der Waals surface area contributed by atoms with Crippen LogP contribution in [-0.2, 0) is 21.3 Å². The third-order valence-electron chi connectivity index (χ3n) is 3.27. The van der Waals surface area contributed by atoms with Crippen LogP contribution in [0.2, 0.25) is 5.02 Å². The van der Waals surface area contributed by atoms with E-state index in [0.717, 1.165) is 37.2 Å². The second-order valence-corrected chi connectivity index (χ2v) is 6.65. The van der Waals surface area contributed by atoms with Crippen LogP contribution in [-0.4, -0.2) is 29.8 Å². The molecule has 1 aromatic rings. The largest absolute Gasteiger partial charge is 0.497 e. The molecule has 106 valence electrons. The summed E-state index contributed by atoms with van der Waals surface area (Å²) in [5.74, 6) is 1.89. The third-order valence-corrected chi connectivity index (χ3v) is 4.94. The quantitative estimate of drug-likeness (QED) is 0.810. The first-order valence-electron chi connectivity index (χ1n) is 6.48. The number of methoxy groups -OCH3 is 1. The highest BCUT2D eigenvalue weighted by atomic mass is 35.5. The van der Waals surface area contributed by atoms with E-state index in [4.69, 9.17) is 21.1 Å². The Labute approximate surface area is 121 Å². The van der Waals surface area contributed by atoms with Crippen molar-refractivity contribution in [3.8, 4) is 5.75 Å². The number of hydrogen-bond acceptors (Lipinski definition) is 3. The summed E-state index contributed by atoms with van der Waals surface area (Å²) in [6, 6.07) is 5.48. The Morgan fingerprint density at radius 1 is 1.53 bits per heavy atom. The molecule has 0 aromatic heterocycles. The summed E-state index contributed by atoms with van der Waals surface area (Å²) in [5.41, 5.74) is 0.910. The first-order chi connectivity index (χ1) is 9.19. The fourth-order valence-electron chi connectivity index (χ4n) is 2.15. The van der Waals surface area contributed by atoms with Crippen molar-refractivity contribution in [3.63, 3.8) is 0 Å². The third kappa shape index (κ3) is 4.48. The van der Waals surface area contributed by atoms with Crippen LogP contribution in [0.3, 0.4) is 0 Å². The van der Waals surface area contributed by atoms with Gasteiger partial charge in [-0.1, -0.05) is 17.7 Å². The molecule has 1 saturated heterocycles. The second-order valence-electron chi connectivity index (χ2n) is 4.67. The van der Waals surface area contributed by atoms with Crippen molar-refractivity contribution < 1.29 is 13.7 Å². The van der Waals surface area contributed by atoms with Crippen molar-refractivity contribution in [2.45, 2.75) is 31.1 Å². The van der Waals surface area contributed by atoms with Crippen molar-refractivity contribution in [1.29, 1.82) is 0 Å². The van der Waals surface area contributed by atoms with E-state index < -0.39 is 10.8 Å². The maximum absolute atomic E-state index is 12.0. The summed E-state index contributed by atoms with van der Waals surface area (Å²) in [6.07, 6.45) is 3.40. The van der Waals surface area contributed by atoms with E-state index in [2.05, 4.69) is 0 Å². The summed E-state index contributed by atoms with van der Waals surface area (Å²) >= 11 is 6.14. The van der Waals surface area contributed by atoms with Crippen molar-refractivity contribution in [1.82, 2.24) is 0 Å². The molecule has 1 aliphatic rings. The van der Waals surface area contributed by atoms with Gasteiger partial charge in [0.2, 0.25) is 0 Å². The van der Waals surface area contributed by atoms with Crippen LogP contribution in [0.5, 0.6) is 5.75 Å². The van der Waals surface area contributed by atoms with E-state index in [-0.39, 0.29) is 0 Å². The zero-order valence-corrected chi connectivity index (χ0v) is 12.6. The molecular formula is C14H19ClO3S.